The molecule has 1 aliphatic carbocycles. The van der Waals surface area contributed by atoms with Crippen LogP contribution >= 0.6 is 0 Å². The lowest BCUT2D eigenvalue weighted by Crippen LogP contribution is -2.02. The van der Waals surface area contributed by atoms with Crippen LogP contribution in [0.15, 0.2) is 34.5 Å². The van der Waals surface area contributed by atoms with Crippen molar-refractivity contribution in [1.29, 1.82) is 0 Å². The molecular weight excluding hydrogens is 164 g/mol. The van der Waals surface area contributed by atoms with Crippen molar-refractivity contribution in [3.05, 3.63) is 29.4 Å². The fourth-order valence-corrected chi connectivity index (χ4v) is 0.914. The fraction of sp³-hybridized carbons (Fsp3) is 0.300. The van der Waals surface area contributed by atoms with E-state index in [9.17, 15) is 4.79 Å². The summed E-state index contributed by atoms with van der Waals surface area (Å²) >= 11 is 0. The smallest absolute Gasteiger partial charge is 0.128 e. The molecule has 1 aliphatic rings. The summed E-state index contributed by atoms with van der Waals surface area (Å²) < 4.78 is 0. The molecule has 0 radical (unpaired) electrons. The van der Waals surface area contributed by atoms with Gasteiger partial charge in [-0.1, -0.05) is 12.2 Å². The molecular formula is C10H12N2O. The van der Waals surface area contributed by atoms with Crippen molar-refractivity contribution >= 4 is 12.2 Å². The summed E-state index contributed by atoms with van der Waals surface area (Å²) in [5.74, 6) is 1.87. The van der Waals surface area contributed by atoms with Crippen molar-refractivity contribution in [2.45, 2.75) is 6.42 Å². The molecule has 0 saturated carbocycles. The van der Waals surface area contributed by atoms with Crippen LogP contribution in [0.2, 0.25) is 0 Å². The highest BCUT2D eigenvalue weighted by Gasteiger charge is 1.98. The van der Waals surface area contributed by atoms with E-state index in [0.717, 1.165) is 5.57 Å². The van der Waals surface area contributed by atoms with Crippen molar-refractivity contribution < 1.29 is 4.79 Å². The lowest BCUT2D eigenvalue weighted by molar-refractivity contribution is 0.440. The summed E-state index contributed by atoms with van der Waals surface area (Å²) in [6.07, 6.45) is 7.99. The van der Waals surface area contributed by atoms with Crippen molar-refractivity contribution in [1.82, 2.24) is 5.01 Å². The van der Waals surface area contributed by atoms with Crippen LogP contribution in [0.5, 0.6) is 0 Å². The first-order valence-electron chi connectivity index (χ1n) is 4.06. The zero-order chi connectivity index (χ0) is 9.68. The monoisotopic (exact) mass is 176 g/mol. The Morgan fingerprint density at radius 1 is 1.54 bits per heavy atom. The molecule has 0 N–H and O–H groups in total. The van der Waals surface area contributed by atoms with Crippen LogP contribution in [0, 0.1) is 0 Å². The highest BCUT2D eigenvalue weighted by atomic mass is 16.1. The van der Waals surface area contributed by atoms with Gasteiger partial charge in [-0.15, -0.1) is 0 Å². The second kappa shape index (κ2) is 4.43. The minimum absolute atomic E-state index is 0.648. The fourth-order valence-electron chi connectivity index (χ4n) is 0.914. The lowest BCUT2D eigenvalue weighted by Gasteiger charge is -2.05. The molecule has 1 rings (SSSR count). The van der Waals surface area contributed by atoms with E-state index in [-0.39, 0.29) is 0 Å². The van der Waals surface area contributed by atoms with E-state index < -0.39 is 0 Å². The molecule has 0 aromatic heterocycles. The van der Waals surface area contributed by atoms with Crippen LogP contribution in [-0.2, 0) is 4.79 Å². The van der Waals surface area contributed by atoms with Crippen LogP contribution in [0.4, 0.5) is 0 Å². The number of hydrogen-bond donors (Lipinski definition) is 0. The Labute approximate surface area is 77.7 Å². The third-order valence-corrected chi connectivity index (χ3v) is 1.60. The van der Waals surface area contributed by atoms with E-state index >= 15 is 0 Å². The topological polar surface area (TPSA) is 32.7 Å². The third-order valence-electron chi connectivity index (χ3n) is 1.60. The van der Waals surface area contributed by atoms with Gasteiger partial charge in [-0.05, 0) is 11.6 Å². The molecule has 0 bridgehead atoms. The molecule has 0 fully saturated rings. The maximum Gasteiger partial charge on any atom is 0.128 e. The summed E-state index contributed by atoms with van der Waals surface area (Å²) in [4.78, 5) is 10.2. The SMILES string of the molecule is CN(C)N=CC1=CCC(=C=O)C=C1. The number of carbonyl (C=O) groups excluding carboxylic acids is 1. The molecule has 0 aliphatic heterocycles. The predicted octanol–water partition coefficient (Wildman–Crippen LogP) is 1.18. The van der Waals surface area contributed by atoms with Gasteiger partial charge < -0.3 is 5.01 Å². The van der Waals surface area contributed by atoms with Crippen LogP contribution in [0.3, 0.4) is 0 Å². The summed E-state index contributed by atoms with van der Waals surface area (Å²) in [6, 6.07) is 0. The second-order valence-electron chi connectivity index (χ2n) is 2.96. The molecule has 0 atom stereocenters. The molecule has 0 heterocycles. The highest BCUT2D eigenvalue weighted by Crippen LogP contribution is 2.11. The number of rotatable bonds is 2. The zero-order valence-corrected chi connectivity index (χ0v) is 7.82. The Hall–Kier alpha value is -1.60. The number of hydrazone groups is 1. The average Bonchev–Trinajstić information content (AvgIpc) is 2.15. The molecule has 0 spiro atoms. The Morgan fingerprint density at radius 3 is 2.77 bits per heavy atom. The lowest BCUT2D eigenvalue weighted by atomic mass is 10.0. The summed E-state index contributed by atoms with van der Waals surface area (Å²) in [6.45, 7) is 0. The first kappa shape index (κ1) is 9.49. The molecule has 0 aromatic rings. The molecule has 3 nitrogen and oxygen atoms in total. The van der Waals surface area contributed by atoms with Crippen LogP contribution in [0.25, 0.3) is 0 Å². The Morgan fingerprint density at radius 2 is 2.31 bits per heavy atom. The van der Waals surface area contributed by atoms with Gasteiger partial charge >= 0.3 is 0 Å². The van der Waals surface area contributed by atoms with Gasteiger partial charge in [0.2, 0.25) is 0 Å². The molecule has 3 heteroatoms. The van der Waals surface area contributed by atoms with Crippen molar-refractivity contribution in [2.24, 2.45) is 5.10 Å². The third kappa shape index (κ3) is 3.09. The van der Waals surface area contributed by atoms with E-state index in [4.69, 9.17) is 0 Å². The van der Waals surface area contributed by atoms with Gasteiger partial charge in [0.15, 0.2) is 0 Å². The second-order valence-corrected chi connectivity index (χ2v) is 2.96. The summed E-state index contributed by atoms with van der Waals surface area (Å²) in [5, 5.41) is 5.80. The van der Waals surface area contributed by atoms with Gasteiger partial charge in [0, 0.05) is 26.1 Å². The maximum absolute atomic E-state index is 10.2. The van der Waals surface area contributed by atoms with E-state index in [2.05, 4.69) is 5.10 Å². The van der Waals surface area contributed by atoms with Crippen LogP contribution in [0.1, 0.15) is 6.42 Å². The van der Waals surface area contributed by atoms with Crippen LogP contribution < -0.4 is 0 Å². The van der Waals surface area contributed by atoms with Gasteiger partial charge in [-0.2, -0.15) is 5.10 Å². The van der Waals surface area contributed by atoms with Crippen molar-refractivity contribution in [3.63, 3.8) is 0 Å². The van der Waals surface area contributed by atoms with E-state index in [0.29, 0.717) is 12.0 Å². The minimum atomic E-state index is 0.648. The zero-order valence-electron chi connectivity index (χ0n) is 7.82. The molecule has 0 amide bonds. The van der Waals surface area contributed by atoms with E-state index in [1.165, 1.54) is 0 Å². The van der Waals surface area contributed by atoms with Gasteiger partial charge in [-0.3, -0.25) is 0 Å². The molecule has 0 saturated heterocycles. The molecule has 13 heavy (non-hydrogen) atoms. The largest absolute Gasteiger partial charge is 0.303 e. The number of nitrogens with zero attached hydrogens (tertiary/aromatic N) is 2. The Kier molecular flexibility index (Phi) is 3.23. The van der Waals surface area contributed by atoms with Crippen LogP contribution in [-0.4, -0.2) is 31.3 Å². The first-order chi connectivity index (χ1) is 6.22. The quantitative estimate of drug-likeness (QED) is 0.359. The molecule has 0 unspecified atom stereocenters. The Bertz CT molecular complexity index is 318. The number of hydrogen-bond acceptors (Lipinski definition) is 3. The van der Waals surface area contributed by atoms with Crippen molar-refractivity contribution in [3.8, 4) is 0 Å². The highest BCUT2D eigenvalue weighted by molar-refractivity contribution is 5.83. The van der Waals surface area contributed by atoms with E-state index in [1.807, 2.05) is 32.2 Å². The Balaban J connectivity index is 2.63. The van der Waals surface area contributed by atoms with Gasteiger partial charge in [-0.25, -0.2) is 4.79 Å². The maximum atomic E-state index is 10.2. The predicted molar refractivity (Wildman–Crippen MR) is 53.2 cm³/mol. The molecule has 68 valence electrons. The number of allylic oxidation sites excluding steroid dienone is 5. The summed E-state index contributed by atoms with van der Waals surface area (Å²) in [7, 11) is 3.72. The van der Waals surface area contributed by atoms with Gasteiger partial charge in [0.25, 0.3) is 0 Å². The van der Waals surface area contributed by atoms with E-state index in [1.54, 1.807) is 17.3 Å². The van der Waals surface area contributed by atoms with Crippen molar-refractivity contribution in [2.75, 3.05) is 14.1 Å². The minimum Gasteiger partial charge on any atom is -0.303 e. The average molecular weight is 176 g/mol. The summed E-state index contributed by atoms with van der Waals surface area (Å²) in [5.41, 5.74) is 1.70. The van der Waals surface area contributed by atoms with Gasteiger partial charge in [0.1, 0.15) is 5.94 Å². The van der Waals surface area contributed by atoms with Gasteiger partial charge in [0.05, 0.1) is 6.21 Å². The standard InChI is InChI=1S/C10H12N2O/c1-12(2)11-7-9-3-5-10(8-13)6-4-9/h3-5,7H,6H2,1-2H3. The first-order valence-corrected chi connectivity index (χ1v) is 4.06. The molecule has 0 aromatic carbocycles. The normalized spacial score (nSPS) is 15.8.